The molecule has 8 heteroatoms. The molecular weight excluding hydrogens is 293 g/mol. The molecule has 1 heterocycles. The van der Waals surface area contributed by atoms with E-state index in [0.29, 0.717) is 17.3 Å². The smallest absolute Gasteiger partial charge is 0.325 e. The average molecular weight is 309 g/mol. The maximum atomic E-state index is 13.3. The van der Waals surface area contributed by atoms with E-state index >= 15 is 0 Å². The number of rotatable bonds is 6. The minimum atomic E-state index is -1.09. The van der Waals surface area contributed by atoms with E-state index in [1.807, 2.05) is 0 Å². The quantitative estimate of drug-likeness (QED) is 0.870. The van der Waals surface area contributed by atoms with Gasteiger partial charge in [-0.3, -0.25) is 9.69 Å². The van der Waals surface area contributed by atoms with Crippen LogP contribution in [-0.4, -0.2) is 40.3 Å². The van der Waals surface area contributed by atoms with Gasteiger partial charge in [0.15, 0.2) is 0 Å². The van der Waals surface area contributed by atoms with Gasteiger partial charge in [0.05, 0.1) is 13.7 Å². The molecule has 2 aromatic rings. The van der Waals surface area contributed by atoms with Crippen molar-refractivity contribution in [3.63, 3.8) is 0 Å². The van der Waals surface area contributed by atoms with E-state index in [9.17, 15) is 14.3 Å². The Morgan fingerprint density at radius 3 is 2.77 bits per heavy atom. The summed E-state index contributed by atoms with van der Waals surface area (Å²) in [6.07, 6.45) is 0. The molecule has 0 amide bonds. The van der Waals surface area contributed by atoms with Crippen LogP contribution in [0.3, 0.4) is 0 Å². The Bertz CT molecular complexity index is 674. The van der Waals surface area contributed by atoms with Crippen molar-refractivity contribution in [1.29, 1.82) is 0 Å². The predicted molar refractivity (Wildman–Crippen MR) is 73.8 cm³/mol. The molecule has 0 unspecified atom stereocenters. The number of aromatic nitrogens is 2. The number of hydrogen-bond acceptors (Lipinski definition) is 6. The molecule has 0 fully saturated rings. The molecule has 0 aliphatic carbocycles. The summed E-state index contributed by atoms with van der Waals surface area (Å²) in [5.74, 6) is -0.730. The lowest BCUT2D eigenvalue weighted by molar-refractivity contribution is -0.143. The molecule has 1 atom stereocenters. The Labute approximate surface area is 126 Å². The number of carbonyl (C=O) groups is 1. The minimum absolute atomic E-state index is 0.137. The van der Waals surface area contributed by atoms with Gasteiger partial charge in [0.25, 0.3) is 0 Å². The third-order valence-electron chi connectivity index (χ3n) is 3.12. The summed E-state index contributed by atoms with van der Waals surface area (Å²) >= 11 is 0. The summed E-state index contributed by atoms with van der Waals surface area (Å²) in [6.45, 7) is 1.78. The van der Waals surface area contributed by atoms with Crippen molar-refractivity contribution in [2.24, 2.45) is 0 Å². The highest BCUT2D eigenvalue weighted by atomic mass is 19.1. The van der Waals surface area contributed by atoms with E-state index in [0.717, 1.165) is 6.07 Å². The second-order valence-corrected chi connectivity index (χ2v) is 4.76. The molecule has 22 heavy (non-hydrogen) atoms. The standard InChI is InChI=1S/C14H16FN3O4/c1-8-16-17-12(22-8)7-18(2)13(14(19)20)10-5-4-9(15)6-11(10)21-3/h4-6,13H,7H2,1-3H3,(H,19,20)/t13-/m0/s1. The lowest BCUT2D eigenvalue weighted by atomic mass is 10.0. The first kappa shape index (κ1) is 15.9. The number of methoxy groups -OCH3 is 1. The van der Waals surface area contributed by atoms with Crippen molar-refractivity contribution in [2.75, 3.05) is 14.2 Å². The molecule has 0 aliphatic heterocycles. The van der Waals surface area contributed by atoms with Crippen LogP contribution in [-0.2, 0) is 11.3 Å². The molecule has 0 bridgehead atoms. The topological polar surface area (TPSA) is 88.7 Å². The number of aryl methyl sites for hydroxylation is 1. The number of benzene rings is 1. The van der Waals surface area contributed by atoms with E-state index in [1.54, 1.807) is 14.0 Å². The molecule has 0 saturated carbocycles. The number of ether oxygens (including phenoxy) is 1. The van der Waals surface area contributed by atoms with E-state index < -0.39 is 17.8 Å². The van der Waals surface area contributed by atoms with Gasteiger partial charge in [-0.1, -0.05) is 6.07 Å². The Kier molecular flexibility index (Phi) is 4.71. The van der Waals surface area contributed by atoms with Gasteiger partial charge in [0, 0.05) is 18.6 Å². The third kappa shape index (κ3) is 3.40. The first-order valence-electron chi connectivity index (χ1n) is 6.48. The van der Waals surface area contributed by atoms with Crippen molar-refractivity contribution in [1.82, 2.24) is 15.1 Å². The maximum absolute atomic E-state index is 13.3. The maximum Gasteiger partial charge on any atom is 0.325 e. The zero-order chi connectivity index (χ0) is 16.3. The summed E-state index contributed by atoms with van der Waals surface area (Å²) in [4.78, 5) is 13.1. The summed E-state index contributed by atoms with van der Waals surface area (Å²) < 4.78 is 23.6. The Morgan fingerprint density at radius 2 is 2.23 bits per heavy atom. The predicted octanol–water partition coefficient (Wildman–Crippen LogP) is 1.78. The first-order valence-corrected chi connectivity index (χ1v) is 6.48. The SMILES string of the molecule is COc1cc(F)ccc1[C@@H](C(=O)O)N(C)Cc1nnc(C)o1. The Balaban J connectivity index is 2.31. The monoisotopic (exact) mass is 309 g/mol. The molecular formula is C14H16FN3O4. The van der Waals surface area contributed by atoms with Gasteiger partial charge in [-0.25, -0.2) is 4.39 Å². The lowest BCUT2D eigenvalue weighted by Gasteiger charge is -2.24. The normalized spacial score (nSPS) is 12.4. The summed E-state index contributed by atoms with van der Waals surface area (Å²) in [5, 5.41) is 17.0. The molecule has 1 aromatic heterocycles. The van der Waals surface area contributed by atoms with Crippen LogP contribution in [0.15, 0.2) is 22.6 Å². The largest absolute Gasteiger partial charge is 0.496 e. The van der Waals surface area contributed by atoms with Crippen LogP contribution < -0.4 is 4.74 Å². The number of likely N-dealkylation sites (N-methyl/N-ethyl adjacent to an activating group) is 1. The number of halogens is 1. The Morgan fingerprint density at radius 1 is 1.50 bits per heavy atom. The van der Waals surface area contributed by atoms with Crippen molar-refractivity contribution in [3.8, 4) is 5.75 Å². The fraction of sp³-hybridized carbons (Fsp3) is 0.357. The van der Waals surface area contributed by atoms with Crippen LogP contribution in [0.5, 0.6) is 5.75 Å². The highest BCUT2D eigenvalue weighted by molar-refractivity contribution is 5.76. The van der Waals surface area contributed by atoms with Crippen molar-refractivity contribution in [2.45, 2.75) is 19.5 Å². The van der Waals surface area contributed by atoms with Gasteiger partial charge in [0.2, 0.25) is 11.8 Å². The van der Waals surface area contributed by atoms with Crippen LogP contribution in [0.2, 0.25) is 0 Å². The molecule has 0 spiro atoms. The number of nitrogens with zero attached hydrogens (tertiary/aromatic N) is 3. The summed E-state index contributed by atoms with van der Waals surface area (Å²) in [7, 11) is 2.96. The fourth-order valence-corrected chi connectivity index (χ4v) is 2.18. The number of hydrogen-bond donors (Lipinski definition) is 1. The number of carboxylic acid groups (broad SMARTS) is 1. The molecule has 0 aliphatic rings. The zero-order valence-electron chi connectivity index (χ0n) is 12.4. The van der Waals surface area contributed by atoms with Crippen LogP contribution in [0.4, 0.5) is 4.39 Å². The van der Waals surface area contributed by atoms with E-state index in [-0.39, 0.29) is 12.3 Å². The van der Waals surface area contributed by atoms with Crippen LogP contribution in [0.25, 0.3) is 0 Å². The number of carboxylic acids is 1. The first-order chi connectivity index (χ1) is 10.4. The van der Waals surface area contributed by atoms with Crippen molar-refractivity contribution in [3.05, 3.63) is 41.4 Å². The molecule has 7 nitrogen and oxygen atoms in total. The molecule has 2 rings (SSSR count). The van der Waals surface area contributed by atoms with Crippen LogP contribution in [0.1, 0.15) is 23.4 Å². The summed E-state index contributed by atoms with van der Waals surface area (Å²) in [5.41, 5.74) is 0.343. The third-order valence-corrected chi connectivity index (χ3v) is 3.12. The minimum Gasteiger partial charge on any atom is -0.496 e. The molecule has 118 valence electrons. The second kappa shape index (κ2) is 6.52. The van der Waals surface area contributed by atoms with E-state index in [1.165, 1.54) is 24.1 Å². The zero-order valence-corrected chi connectivity index (χ0v) is 12.4. The van der Waals surface area contributed by atoms with Gasteiger partial charge in [-0.05, 0) is 13.1 Å². The van der Waals surface area contributed by atoms with Gasteiger partial charge in [-0.2, -0.15) is 0 Å². The highest BCUT2D eigenvalue weighted by Gasteiger charge is 2.29. The van der Waals surface area contributed by atoms with Crippen molar-refractivity contribution < 1.29 is 23.4 Å². The average Bonchev–Trinajstić information content (AvgIpc) is 2.85. The lowest BCUT2D eigenvalue weighted by Crippen LogP contribution is -2.31. The van der Waals surface area contributed by atoms with Crippen LogP contribution in [0, 0.1) is 12.7 Å². The molecule has 0 radical (unpaired) electrons. The molecule has 1 aromatic carbocycles. The number of aliphatic carboxylic acids is 1. The van der Waals surface area contributed by atoms with Crippen molar-refractivity contribution >= 4 is 5.97 Å². The fourth-order valence-electron chi connectivity index (χ4n) is 2.18. The Hall–Kier alpha value is -2.48. The van der Waals surface area contributed by atoms with Crippen LogP contribution >= 0.6 is 0 Å². The molecule has 1 N–H and O–H groups in total. The van der Waals surface area contributed by atoms with Gasteiger partial charge >= 0.3 is 5.97 Å². The van der Waals surface area contributed by atoms with Gasteiger partial charge in [0.1, 0.15) is 17.6 Å². The van der Waals surface area contributed by atoms with Gasteiger partial charge in [-0.15, -0.1) is 10.2 Å². The van der Waals surface area contributed by atoms with E-state index in [2.05, 4.69) is 10.2 Å². The second-order valence-electron chi connectivity index (χ2n) is 4.76. The van der Waals surface area contributed by atoms with Gasteiger partial charge < -0.3 is 14.3 Å². The molecule has 0 saturated heterocycles. The highest BCUT2D eigenvalue weighted by Crippen LogP contribution is 2.30. The van der Waals surface area contributed by atoms with E-state index in [4.69, 9.17) is 9.15 Å². The summed E-state index contributed by atoms with van der Waals surface area (Å²) in [6, 6.07) is 2.69.